The molecule has 0 aromatic heterocycles. The minimum Gasteiger partial charge on any atom is -0.481 e. The number of likely N-dealkylation sites (N-methyl/N-ethyl adjacent to an activating group) is 1. The maximum atomic E-state index is 13.3. The van der Waals surface area contributed by atoms with Crippen molar-refractivity contribution in [2.24, 2.45) is 0 Å². The average molecular weight is 406 g/mol. The summed E-state index contributed by atoms with van der Waals surface area (Å²) in [6.07, 6.45) is -0.787. The van der Waals surface area contributed by atoms with Crippen LogP contribution in [0, 0.1) is 5.82 Å². The Morgan fingerprint density at radius 1 is 1.21 bits per heavy atom. The molecule has 1 amide bonds. The van der Waals surface area contributed by atoms with Crippen molar-refractivity contribution in [1.29, 1.82) is 0 Å². The van der Waals surface area contributed by atoms with Crippen molar-refractivity contribution in [2.75, 3.05) is 42.9 Å². The summed E-state index contributed by atoms with van der Waals surface area (Å²) in [7, 11) is 0. The van der Waals surface area contributed by atoms with E-state index in [9.17, 15) is 9.18 Å². The summed E-state index contributed by atoms with van der Waals surface area (Å²) in [4.78, 5) is 17.3. The second-order valence-electron chi connectivity index (χ2n) is 6.79. The van der Waals surface area contributed by atoms with Gasteiger partial charge in [0.2, 0.25) is 0 Å². The fourth-order valence-electron chi connectivity index (χ4n) is 3.22. The lowest BCUT2D eigenvalue weighted by molar-refractivity contribution is -0.122. The first-order valence-corrected chi connectivity index (χ1v) is 9.84. The maximum absolute atomic E-state index is 13.3. The van der Waals surface area contributed by atoms with Gasteiger partial charge in [-0.05, 0) is 43.8 Å². The van der Waals surface area contributed by atoms with Crippen LogP contribution < -0.4 is 15.0 Å². The molecule has 0 spiro atoms. The first-order chi connectivity index (χ1) is 13.5. The number of rotatable bonds is 6. The number of amides is 1. The second-order valence-corrected chi connectivity index (χ2v) is 7.23. The smallest absolute Gasteiger partial charge is 0.265 e. The predicted octanol–water partition coefficient (Wildman–Crippen LogP) is 4.03. The van der Waals surface area contributed by atoms with Crippen LogP contribution in [0.25, 0.3) is 0 Å². The molecule has 0 radical (unpaired) electrons. The number of hydrogen-bond donors (Lipinski definition) is 1. The summed E-state index contributed by atoms with van der Waals surface area (Å²) in [5.74, 6) is -0.418. The molecule has 0 saturated carbocycles. The van der Waals surface area contributed by atoms with E-state index in [1.165, 1.54) is 12.1 Å². The number of carbonyl (C=O) groups is 1. The number of hydrogen-bond acceptors (Lipinski definition) is 4. The minimum atomic E-state index is -0.787. The van der Waals surface area contributed by atoms with E-state index in [2.05, 4.69) is 22.0 Å². The highest BCUT2D eigenvalue weighted by Crippen LogP contribution is 2.30. The normalized spacial score (nSPS) is 15.9. The number of piperazine rings is 1. The number of carbonyl (C=O) groups excluding carboxylic acids is 1. The molecule has 1 aliphatic heterocycles. The topological polar surface area (TPSA) is 44.8 Å². The summed E-state index contributed by atoms with van der Waals surface area (Å²) in [6, 6.07) is 11.2. The van der Waals surface area contributed by atoms with Gasteiger partial charge in [-0.2, -0.15) is 0 Å². The molecule has 0 bridgehead atoms. The molecule has 2 aromatic carbocycles. The van der Waals surface area contributed by atoms with Gasteiger partial charge in [-0.3, -0.25) is 4.79 Å². The Morgan fingerprint density at radius 3 is 2.64 bits per heavy atom. The van der Waals surface area contributed by atoms with Gasteiger partial charge in [0.15, 0.2) is 6.10 Å². The SMILES string of the molecule is CCN1CCN(c2ccc(Cl)cc2NC(=O)C(C)Oc2cccc(F)c2)CC1. The average Bonchev–Trinajstić information content (AvgIpc) is 2.68. The van der Waals surface area contributed by atoms with Crippen molar-refractivity contribution in [3.63, 3.8) is 0 Å². The van der Waals surface area contributed by atoms with E-state index < -0.39 is 11.9 Å². The summed E-state index contributed by atoms with van der Waals surface area (Å²) in [6.45, 7) is 8.54. The summed E-state index contributed by atoms with van der Waals surface area (Å²) in [5, 5.41) is 3.46. The van der Waals surface area contributed by atoms with E-state index in [1.54, 1.807) is 25.1 Å². The zero-order valence-electron chi connectivity index (χ0n) is 16.1. The van der Waals surface area contributed by atoms with Crippen LogP contribution in [0.15, 0.2) is 42.5 Å². The molecule has 1 N–H and O–H groups in total. The Kier molecular flexibility index (Phi) is 6.75. The van der Waals surface area contributed by atoms with Crippen LogP contribution in [0.3, 0.4) is 0 Å². The van der Waals surface area contributed by atoms with Gasteiger partial charge >= 0.3 is 0 Å². The van der Waals surface area contributed by atoms with E-state index in [0.29, 0.717) is 16.5 Å². The summed E-state index contributed by atoms with van der Waals surface area (Å²) < 4.78 is 18.9. The van der Waals surface area contributed by atoms with Crippen molar-refractivity contribution < 1.29 is 13.9 Å². The third-order valence-electron chi connectivity index (χ3n) is 4.85. The van der Waals surface area contributed by atoms with E-state index in [1.807, 2.05) is 12.1 Å². The molecule has 1 unspecified atom stereocenters. The number of benzene rings is 2. The van der Waals surface area contributed by atoms with Crippen molar-refractivity contribution in [3.8, 4) is 5.75 Å². The van der Waals surface area contributed by atoms with Gasteiger partial charge in [-0.15, -0.1) is 0 Å². The lowest BCUT2D eigenvalue weighted by Crippen LogP contribution is -2.46. The molecule has 28 heavy (non-hydrogen) atoms. The third kappa shape index (κ3) is 5.14. The van der Waals surface area contributed by atoms with Gasteiger partial charge in [-0.25, -0.2) is 4.39 Å². The van der Waals surface area contributed by atoms with Crippen molar-refractivity contribution in [2.45, 2.75) is 20.0 Å². The van der Waals surface area contributed by atoms with Crippen LogP contribution in [-0.4, -0.2) is 49.6 Å². The Labute approximate surface area is 170 Å². The quantitative estimate of drug-likeness (QED) is 0.788. The van der Waals surface area contributed by atoms with Crippen LogP contribution in [-0.2, 0) is 4.79 Å². The van der Waals surface area contributed by atoms with Crippen LogP contribution >= 0.6 is 11.6 Å². The molecule has 3 rings (SSSR count). The molecule has 5 nitrogen and oxygen atoms in total. The molecule has 7 heteroatoms. The lowest BCUT2D eigenvalue weighted by atomic mass is 10.2. The standard InChI is InChI=1S/C21H25ClFN3O2/c1-3-25-9-11-26(12-10-25)20-8-7-16(22)13-19(20)24-21(27)15(2)28-18-6-4-5-17(23)14-18/h4-8,13-15H,3,9-12H2,1-2H3,(H,24,27). The Hall–Kier alpha value is -2.31. The molecular weight excluding hydrogens is 381 g/mol. The van der Waals surface area contributed by atoms with Crippen LogP contribution in [0.1, 0.15) is 13.8 Å². The first kappa shape index (κ1) is 20.4. The van der Waals surface area contributed by atoms with Crippen LogP contribution in [0.2, 0.25) is 5.02 Å². The molecule has 0 aliphatic carbocycles. The number of anilines is 2. The molecule has 1 atom stereocenters. The summed E-state index contributed by atoms with van der Waals surface area (Å²) >= 11 is 6.16. The van der Waals surface area contributed by atoms with E-state index in [0.717, 1.165) is 38.4 Å². The summed E-state index contributed by atoms with van der Waals surface area (Å²) in [5.41, 5.74) is 1.59. The third-order valence-corrected chi connectivity index (χ3v) is 5.09. The number of halogens is 2. The van der Waals surface area contributed by atoms with Crippen LogP contribution in [0.4, 0.5) is 15.8 Å². The Bertz CT molecular complexity index is 825. The van der Waals surface area contributed by atoms with E-state index in [-0.39, 0.29) is 5.91 Å². The lowest BCUT2D eigenvalue weighted by Gasteiger charge is -2.36. The second kappa shape index (κ2) is 9.26. The largest absolute Gasteiger partial charge is 0.481 e. The number of ether oxygens (including phenoxy) is 1. The van der Waals surface area contributed by atoms with Crippen LogP contribution in [0.5, 0.6) is 5.75 Å². The van der Waals surface area contributed by atoms with Crippen molar-refractivity contribution >= 4 is 28.9 Å². The van der Waals surface area contributed by atoms with E-state index >= 15 is 0 Å². The molecular formula is C21H25ClFN3O2. The minimum absolute atomic E-state index is 0.310. The Balaban J connectivity index is 1.70. The van der Waals surface area contributed by atoms with E-state index in [4.69, 9.17) is 16.3 Å². The molecule has 1 aliphatic rings. The van der Waals surface area contributed by atoms with Gasteiger partial charge < -0.3 is 19.9 Å². The fourth-order valence-corrected chi connectivity index (χ4v) is 3.39. The van der Waals surface area contributed by atoms with Gasteiger partial charge in [0.25, 0.3) is 5.91 Å². The first-order valence-electron chi connectivity index (χ1n) is 9.46. The maximum Gasteiger partial charge on any atom is 0.265 e. The zero-order valence-corrected chi connectivity index (χ0v) is 16.9. The highest BCUT2D eigenvalue weighted by Gasteiger charge is 2.21. The zero-order chi connectivity index (χ0) is 20.1. The van der Waals surface area contributed by atoms with Gasteiger partial charge in [0.05, 0.1) is 11.4 Å². The molecule has 1 heterocycles. The highest BCUT2D eigenvalue weighted by molar-refractivity contribution is 6.31. The number of nitrogens with zero attached hydrogens (tertiary/aromatic N) is 2. The monoisotopic (exact) mass is 405 g/mol. The predicted molar refractivity (Wildman–Crippen MR) is 111 cm³/mol. The highest BCUT2D eigenvalue weighted by atomic mass is 35.5. The molecule has 2 aromatic rings. The van der Waals surface area contributed by atoms with Crippen molar-refractivity contribution in [1.82, 2.24) is 4.90 Å². The number of nitrogens with one attached hydrogen (secondary N) is 1. The van der Waals surface area contributed by atoms with Gasteiger partial charge in [0.1, 0.15) is 11.6 Å². The fraction of sp³-hybridized carbons (Fsp3) is 0.381. The van der Waals surface area contributed by atoms with Gasteiger partial charge in [-0.1, -0.05) is 24.6 Å². The molecule has 1 fully saturated rings. The molecule has 150 valence electrons. The van der Waals surface area contributed by atoms with Crippen molar-refractivity contribution in [3.05, 3.63) is 53.3 Å². The van der Waals surface area contributed by atoms with Gasteiger partial charge in [0, 0.05) is 37.3 Å². The Morgan fingerprint density at radius 2 is 1.96 bits per heavy atom. The molecule has 1 saturated heterocycles.